The summed E-state index contributed by atoms with van der Waals surface area (Å²) in [6.07, 6.45) is -3.46. The van der Waals surface area contributed by atoms with Gasteiger partial charge in [0, 0.05) is 6.20 Å². The van der Waals surface area contributed by atoms with Crippen molar-refractivity contribution in [1.82, 2.24) is 14.6 Å². The summed E-state index contributed by atoms with van der Waals surface area (Å²) in [6.45, 7) is -1.41. The van der Waals surface area contributed by atoms with Gasteiger partial charge in [-0.15, -0.1) is 5.06 Å². The van der Waals surface area contributed by atoms with Gasteiger partial charge >= 0.3 is 17.6 Å². The Hall–Kier alpha value is -2.98. The number of ether oxygens (including phenoxy) is 2. The van der Waals surface area contributed by atoms with Crippen molar-refractivity contribution in [2.45, 2.75) is 37.3 Å². The van der Waals surface area contributed by atoms with Gasteiger partial charge < -0.3 is 35.1 Å². The van der Waals surface area contributed by atoms with Crippen molar-refractivity contribution in [1.29, 1.82) is 0 Å². The van der Waals surface area contributed by atoms with Crippen LogP contribution in [0.1, 0.15) is 21.5 Å². The van der Waals surface area contributed by atoms with Crippen molar-refractivity contribution in [3.8, 4) is 0 Å². The Balaban J connectivity index is 2.11. The molecular weight excluding hydrogens is 461 g/mol. The number of carbonyl (C=O) groups is 1. The maximum atomic E-state index is 12.5. The molecule has 1 aromatic heterocycles. The lowest BCUT2D eigenvalue weighted by molar-refractivity contribution is -0.413. The molecule has 0 saturated carbocycles. The maximum Gasteiger partial charge on any atom is 0.345 e. The fraction of sp³-hybridized carbons (Fsp3) is 0.450. The molecule has 4 atom stereocenters. The number of aromatic amines is 1. The monoisotopic (exact) mass is 485 g/mol. The van der Waals surface area contributed by atoms with E-state index in [2.05, 4.69) is 4.74 Å². The molecule has 1 aliphatic rings. The molecule has 0 unspecified atom stereocenters. The van der Waals surface area contributed by atoms with E-state index < -0.39 is 73.1 Å². The van der Waals surface area contributed by atoms with Crippen LogP contribution in [-0.4, -0.2) is 84.0 Å². The summed E-state index contributed by atoms with van der Waals surface area (Å²) in [5.41, 5.74) is -5.45. The Labute approximate surface area is 190 Å². The van der Waals surface area contributed by atoms with Crippen LogP contribution in [0.15, 0.2) is 40.1 Å². The number of hydrogen-bond acceptors (Lipinski definition) is 11. The minimum Gasteiger partial charge on any atom is -0.459 e. The quantitative estimate of drug-likeness (QED) is 0.136. The Kier molecular flexibility index (Phi) is 7.32. The number of aliphatic hydroxyl groups excluding tert-OH is 2. The van der Waals surface area contributed by atoms with Gasteiger partial charge in [-0.05, 0) is 12.5 Å². The molecule has 2 aromatic rings. The van der Waals surface area contributed by atoms with Crippen molar-refractivity contribution in [3.05, 3.63) is 68.0 Å². The van der Waals surface area contributed by atoms with E-state index >= 15 is 0 Å². The molecule has 0 radical (unpaired) electrons. The van der Waals surface area contributed by atoms with Crippen LogP contribution in [0.3, 0.4) is 0 Å². The van der Waals surface area contributed by atoms with E-state index in [1.165, 1.54) is 0 Å². The number of halogens is 1. The van der Waals surface area contributed by atoms with Gasteiger partial charge in [0.15, 0.2) is 0 Å². The van der Waals surface area contributed by atoms with Crippen LogP contribution in [0.5, 0.6) is 0 Å². The number of aromatic nitrogens is 2. The highest BCUT2D eigenvalue weighted by Gasteiger charge is 2.70. The Morgan fingerprint density at radius 1 is 1.29 bits per heavy atom. The lowest BCUT2D eigenvalue weighted by atomic mass is 10.00. The van der Waals surface area contributed by atoms with Gasteiger partial charge in [-0.25, -0.2) is 18.5 Å². The SMILES string of the molecule is Cc1ccc(CN(O)[C@@]2(O)[C@H](O)[C@@H](CO)O[C@]2(O)n2cc(C(=O)OCCF)c(=O)[nH]c2=O)cc1. The summed E-state index contributed by atoms with van der Waals surface area (Å²) in [4.78, 5) is 38.4. The summed E-state index contributed by atoms with van der Waals surface area (Å²) in [7, 11) is 0. The molecule has 14 heteroatoms. The largest absolute Gasteiger partial charge is 0.459 e. The lowest BCUT2D eigenvalue weighted by Gasteiger charge is -2.42. The fourth-order valence-electron chi connectivity index (χ4n) is 3.54. The van der Waals surface area contributed by atoms with E-state index in [1.54, 1.807) is 29.2 Å². The molecule has 0 bridgehead atoms. The molecule has 0 aliphatic carbocycles. The first-order valence-electron chi connectivity index (χ1n) is 10.0. The summed E-state index contributed by atoms with van der Waals surface area (Å²) < 4.78 is 22.2. The normalized spacial score (nSPS) is 26.7. The molecule has 2 heterocycles. The predicted octanol–water partition coefficient (Wildman–Crippen LogP) is -2.09. The molecule has 1 aromatic carbocycles. The number of hydrogen-bond donors (Lipinski definition) is 6. The first kappa shape index (κ1) is 25.6. The Morgan fingerprint density at radius 3 is 2.53 bits per heavy atom. The number of esters is 1. The first-order chi connectivity index (χ1) is 16.0. The van der Waals surface area contributed by atoms with Crippen LogP contribution in [-0.2, 0) is 21.9 Å². The smallest absolute Gasteiger partial charge is 0.345 e. The molecule has 3 rings (SSSR count). The number of H-pyrrole nitrogens is 1. The van der Waals surface area contributed by atoms with E-state index in [9.17, 15) is 44.4 Å². The standard InChI is InChI=1S/C20H24FN3O10/c1-11-2-4-12(5-3-11)8-24(32)19(30)15(26)14(10-25)34-20(19,31)23-9-13(16(27)22-18(23)29)17(28)33-7-6-21/h2-5,9,14-15,25-26,30-32H,6-8,10H2,1H3,(H,22,27,29)/t14-,15-,19-,20+/m1/s1. The van der Waals surface area contributed by atoms with Gasteiger partial charge in [-0.2, -0.15) is 0 Å². The van der Waals surface area contributed by atoms with Crippen molar-refractivity contribution >= 4 is 5.97 Å². The number of alkyl halides is 1. The fourth-order valence-corrected chi connectivity index (χ4v) is 3.54. The highest BCUT2D eigenvalue weighted by atomic mass is 19.1. The molecule has 0 spiro atoms. The minimum absolute atomic E-state index is 0.0939. The van der Waals surface area contributed by atoms with Gasteiger partial charge in [0.05, 0.1) is 13.2 Å². The zero-order valence-electron chi connectivity index (χ0n) is 17.9. The van der Waals surface area contributed by atoms with Crippen molar-refractivity contribution in [3.63, 3.8) is 0 Å². The van der Waals surface area contributed by atoms with Crippen LogP contribution in [0.25, 0.3) is 0 Å². The number of nitrogens with one attached hydrogen (secondary N) is 1. The number of hydroxylamine groups is 2. The third-order valence-corrected chi connectivity index (χ3v) is 5.38. The predicted molar refractivity (Wildman–Crippen MR) is 109 cm³/mol. The number of benzene rings is 1. The van der Waals surface area contributed by atoms with Crippen LogP contribution < -0.4 is 11.2 Å². The molecule has 186 valence electrons. The van der Waals surface area contributed by atoms with Crippen LogP contribution in [0.4, 0.5) is 4.39 Å². The summed E-state index contributed by atoms with van der Waals surface area (Å²) in [5, 5.41) is 53.6. The number of nitrogens with zero attached hydrogens (tertiary/aromatic N) is 2. The van der Waals surface area contributed by atoms with Crippen molar-refractivity contribution in [2.75, 3.05) is 19.9 Å². The number of aryl methyl sites for hydroxylation is 1. The summed E-state index contributed by atoms with van der Waals surface area (Å²) in [6, 6.07) is 6.55. The van der Waals surface area contributed by atoms with Gasteiger partial charge in [-0.1, -0.05) is 29.8 Å². The zero-order valence-corrected chi connectivity index (χ0v) is 17.9. The molecular formula is C20H24FN3O10. The maximum absolute atomic E-state index is 12.5. The van der Waals surface area contributed by atoms with E-state index in [-0.39, 0.29) is 9.63 Å². The molecule has 6 N–H and O–H groups in total. The van der Waals surface area contributed by atoms with E-state index in [1.807, 2.05) is 6.92 Å². The Morgan fingerprint density at radius 2 is 1.94 bits per heavy atom. The van der Waals surface area contributed by atoms with E-state index in [0.717, 1.165) is 5.56 Å². The summed E-state index contributed by atoms with van der Waals surface area (Å²) >= 11 is 0. The second kappa shape index (κ2) is 9.71. The number of aliphatic hydroxyl groups is 4. The highest BCUT2D eigenvalue weighted by molar-refractivity contribution is 5.88. The molecule has 0 amide bonds. The van der Waals surface area contributed by atoms with Crippen LogP contribution in [0.2, 0.25) is 0 Å². The Bertz CT molecular complexity index is 1150. The van der Waals surface area contributed by atoms with Crippen molar-refractivity contribution in [2.24, 2.45) is 0 Å². The third kappa shape index (κ3) is 4.27. The van der Waals surface area contributed by atoms with Crippen LogP contribution in [0, 0.1) is 6.92 Å². The average Bonchev–Trinajstić information content (AvgIpc) is 3.01. The van der Waals surface area contributed by atoms with Crippen LogP contribution >= 0.6 is 0 Å². The second-order valence-corrected chi connectivity index (χ2v) is 7.66. The van der Waals surface area contributed by atoms with Gasteiger partial charge in [0.25, 0.3) is 5.56 Å². The topological polar surface area (TPSA) is 195 Å². The number of rotatable bonds is 8. The van der Waals surface area contributed by atoms with Gasteiger partial charge in [-0.3, -0.25) is 9.78 Å². The molecule has 1 aliphatic heterocycles. The van der Waals surface area contributed by atoms with Gasteiger partial charge in [0.2, 0.25) is 5.72 Å². The van der Waals surface area contributed by atoms with E-state index in [0.29, 0.717) is 11.8 Å². The summed E-state index contributed by atoms with van der Waals surface area (Å²) in [5.74, 6) is -4.70. The average molecular weight is 485 g/mol. The number of carbonyl (C=O) groups excluding carboxylic acids is 1. The van der Waals surface area contributed by atoms with Gasteiger partial charge in [0.1, 0.15) is 31.1 Å². The molecule has 13 nitrogen and oxygen atoms in total. The molecule has 1 saturated heterocycles. The first-order valence-corrected chi connectivity index (χ1v) is 10.0. The second-order valence-electron chi connectivity index (χ2n) is 7.66. The zero-order chi connectivity index (χ0) is 25.3. The van der Waals surface area contributed by atoms with E-state index in [4.69, 9.17) is 4.74 Å². The molecule has 1 fully saturated rings. The lowest BCUT2D eigenvalue weighted by Crippen LogP contribution is -2.68. The van der Waals surface area contributed by atoms with Crippen molar-refractivity contribution < 1.29 is 44.3 Å². The highest BCUT2D eigenvalue weighted by Crippen LogP contribution is 2.43. The molecule has 34 heavy (non-hydrogen) atoms. The minimum atomic E-state index is -3.34. The third-order valence-electron chi connectivity index (χ3n) is 5.38.